The second-order valence-corrected chi connectivity index (χ2v) is 10.3. The summed E-state index contributed by atoms with van der Waals surface area (Å²) in [6, 6.07) is 8.86. The summed E-state index contributed by atoms with van der Waals surface area (Å²) >= 11 is 0. The Balaban J connectivity index is 0.00000280. The fourth-order valence-electron chi connectivity index (χ4n) is 5.44. The molecule has 0 amide bonds. The largest absolute Gasteiger partial charge is 0.504 e. The van der Waals surface area contributed by atoms with Crippen molar-refractivity contribution in [3.8, 4) is 17.0 Å². The number of aromatic nitrogens is 5. The predicted molar refractivity (Wildman–Crippen MR) is 142 cm³/mol. The van der Waals surface area contributed by atoms with Gasteiger partial charge >= 0.3 is 0 Å². The van der Waals surface area contributed by atoms with E-state index in [-0.39, 0.29) is 24.0 Å². The van der Waals surface area contributed by atoms with E-state index in [0.29, 0.717) is 52.5 Å². The van der Waals surface area contributed by atoms with Crippen LogP contribution in [0.15, 0.2) is 41.3 Å². The quantitative estimate of drug-likeness (QED) is 0.351. The molecule has 1 aromatic carbocycles. The van der Waals surface area contributed by atoms with E-state index >= 15 is 0 Å². The van der Waals surface area contributed by atoms with Gasteiger partial charge in [-0.1, -0.05) is 12.1 Å². The van der Waals surface area contributed by atoms with Crippen LogP contribution in [0.2, 0.25) is 0 Å². The van der Waals surface area contributed by atoms with E-state index in [9.17, 15) is 14.3 Å². The summed E-state index contributed by atoms with van der Waals surface area (Å²) in [5.41, 5.74) is 3.04. The lowest BCUT2D eigenvalue weighted by Crippen LogP contribution is -2.43. The SMILES string of the molecule is C[C@@H]1CC(n2nc(C3CC3)c3c(=O)[nH]c(Cc4ccc(-c5cccc(F)c5O)nc4)nc32)C[C@@H](C)N1.Cl. The van der Waals surface area contributed by atoms with Gasteiger partial charge in [-0.25, -0.2) is 14.1 Å². The van der Waals surface area contributed by atoms with E-state index in [0.717, 1.165) is 36.9 Å². The molecule has 0 bridgehead atoms. The number of hydrogen-bond donors (Lipinski definition) is 3. The predicted octanol–water partition coefficient (Wildman–Crippen LogP) is 4.62. The van der Waals surface area contributed by atoms with Crippen LogP contribution in [0.5, 0.6) is 5.75 Å². The van der Waals surface area contributed by atoms with E-state index in [1.165, 1.54) is 12.1 Å². The monoisotopic (exact) mass is 524 g/mol. The maximum atomic E-state index is 13.7. The van der Waals surface area contributed by atoms with Crippen LogP contribution in [-0.4, -0.2) is 41.9 Å². The molecule has 194 valence electrons. The highest BCUT2D eigenvalue weighted by molar-refractivity contribution is 5.85. The number of nitrogens with zero attached hydrogens (tertiary/aromatic N) is 4. The van der Waals surface area contributed by atoms with Gasteiger partial charge in [0.25, 0.3) is 5.56 Å². The molecular formula is C27H30ClFN6O2. The van der Waals surface area contributed by atoms with Gasteiger partial charge in [-0.2, -0.15) is 5.10 Å². The van der Waals surface area contributed by atoms with Crippen molar-refractivity contribution < 1.29 is 9.50 Å². The minimum Gasteiger partial charge on any atom is -0.504 e. The first-order chi connectivity index (χ1) is 17.4. The summed E-state index contributed by atoms with van der Waals surface area (Å²) in [5.74, 6) is -0.215. The van der Waals surface area contributed by atoms with Gasteiger partial charge in [0.1, 0.15) is 11.2 Å². The van der Waals surface area contributed by atoms with Crippen molar-refractivity contribution in [1.82, 2.24) is 30.0 Å². The van der Waals surface area contributed by atoms with Gasteiger partial charge in [-0.05, 0) is 63.3 Å². The van der Waals surface area contributed by atoms with Crippen molar-refractivity contribution in [3.63, 3.8) is 0 Å². The zero-order valence-electron chi connectivity index (χ0n) is 20.7. The van der Waals surface area contributed by atoms with Crippen molar-refractivity contribution in [3.05, 3.63) is 69.8 Å². The zero-order chi connectivity index (χ0) is 25.0. The second kappa shape index (κ2) is 9.87. The average Bonchev–Trinajstić information content (AvgIpc) is 3.61. The number of pyridine rings is 1. The topological polar surface area (TPSA) is 109 Å². The highest BCUT2D eigenvalue weighted by Gasteiger charge is 2.34. The van der Waals surface area contributed by atoms with Gasteiger partial charge in [0, 0.05) is 36.2 Å². The first-order valence-electron chi connectivity index (χ1n) is 12.6. The van der Waals surface area contributed by atoms with E-state index in [4.69, 9.17) is 10.1 Å². The molecule has 1 saturated carbocycles. The lowest BCUT2D eigenvalue weighted by molar-refractivity contribution is 0.253. The number of nitrogens with one attached hydrogen (secondary N) is 2. The molecule has 0 spiro atoms. The molecule has 4 heterocycles. The molecule has 0 radical (unpaired) electrons. The number of benzene rings is 1. The summed E-state index contributed by atoms with van der Waals surface area (Å²) in [6.07, 6.45) is 6.04. The molecule has 2 aliphatic rings. The normalized spacial score (nSPS) is 21.6. The summed E-state index contributed by atoms with van der Waals surface area (Å²) in [4.78, 5) is 25.5. The van der Waals surface area contributed by atoms with Gasteiger partial charge in [-0.3, -0.25) is 9.78 Å². The van der Waals surface area contributed by atoms with Crippen molar-refractivity contribution in [2.75, 3.05) is 0 Å². The van der Waals surface area contributed by atoms with Gasteiger partial charge in [0.15, 0.2) is 17.2 Å². The first-order valence-corrected chi connectivity index (χ1v) is 12.6. The smallest absolute Gasteiger partial charge is 0.262 e. The summed E-state index contributed by atoms with van der Waals surface area (Å²) in [7, 11) is 0. The zero-order valence-corrected chi connectivity index (χ0v) is 21.6. The molecule has 3 aromatic heterocycles. The molecule has 3 N–H and O–H groups in total. The van der Waals surface area contributed by atoms with Gasteiger partial charge in [0.2, 0.25) is 0 Å². The van der Waals surface area contributed by atoms with Crippen LogP contribution in [0.4, 0.5) is 4.39 Å². The summed E-state index contributed by atoms with van der Waals surface area (Å²) in [6.45, 7) is 4.37. The third-order valence-corrected chi connectivity index (χ3v) is 7.23. The number of fused-ring (bicyclic) bond motifs is 1. The third kappa shape index (κ3) is 4.85. The molecule has 8 nitrogen and oxygen atoms in total. The number of phenols is 1. The number of para-hydroxylation sites is 1. The molecule has 1 aliphatic heterocycles. The number of rotatable bonds is 5. The number of H-pyrrole nitrogens is 1. The number of aromatic amines is 1. The van der Waals surface area contributed by atoms with E-state index in [1.54, 1.807) is 18.3 Å². The fraction of sp³-hybridized carbons (Fsp3) is 0.407. The molecule has 1 aliphatic carbocycles. The highest BCUT2D eigenvalue weighted by Crippen LogP contribution is 2.42. The maximum Gasteiger partial charge on any atom is 0.262 e. The van der Waals surface area contributed by atoms with Crippen LogP contribution >= 0.6 is 12.4 Å². The molecular weight excluding hydrogens is 495 g/mol. The Labute approximate surface area is 219 Å². The van der Waals surface area contributed by atoms with E-state index in [2.05, 4.69) is 29.1 Å². The summed E-state index contributed by atoms with van der Waals surface area (Å²) < 4.78 is 15.7. The van der Waals surface area contributed by atoms with Crippen LogP contribution in [0.1, 0.15) is 68.6 Å². The van der Waals surface area contributed by atoms with Crippen molar-refractivity contribution in [2.24, 2.45) is 0 Å². The Morgan fingerprint density at radius 2 is 1.89 bits per heavy atom. The Hall–Kier alpha value is -3.30. The Morgan fingerprint density at radius 1 is 1.14 bits per heavy atom. The van der Waals surface area contributed by atoms with Gasteiger partial charge in [0.05, 0.1) is 17.4 Å². The Bertz CT molecular complexity index is 1490. The van der Waals surface area contributed by atoms with E-state index < -0.39 is 11.6 Å². The molecule has 2 atom stereocenters. The number of halogens is 2. The lowest BCUT2D eigenvalue weighted by atomic mass is 9.95. The van der Waals surface area contributed by atoms with Crippen molar-refractivity contribution in [2.45, 2.75) is 70.0 Å². The van der Waals surface area contributed by atoms with E-state index in [1.807, 2.05) is 10.7 Å². The molecule has 37 heavy (non-hydrogen) atoms. The fourth-order valence-corrected chi connectivity index (χ4v) is 5.44. The Morgan fingerprint density at radius 3 is 2.57 bits per heavy atom. The third-order valence-electron chi connectivity index (χ3n) is 7.23. The number of hydrogen-bond acceptors (Lipinski definition) is 6. The highest BCUT2D eigenvalue weighted by atomic mass is 35.5. The van der Waals surface area contributed by atoms with Crippen molar-refractivity contribution in [1.29, 1.82) is 0 Å². The van der Waals surface area contributed by atoms with Crippen LogP contribution in [-0.2, 0) is 6.42 Å². The van der Waals surface area contributed by atoms with Crippen LogP contribution < -0.4 is 10.9 Å². The minimum absolute atomic E-state index is 0. The van der Waals surface area contributed by atoms with Gasteiger partial charge in [-0.15, -0.1) is 12.4 Å². The summed E-state index contributed by atoms with van der Waals surface area (Å²) in [5, 5.41) is 19.2. The maximum absolute atomic E-state index is 13.7. The first kappa shape index (κ1) is 25.4. The number of aromatic hydroxyl groups is 1. The molecule has 2 fully saturated rings. The minimum atomic E-state index is -0.687. The average molecular weight is 525 g/mol. The lowest BCUT2D eigenvalue weighted by Gasteiger charge is -2.33. The van der Waals surface area contributed by atoms with Crippen LogP contribution in [0.3, 0.4) is 0 Å². The van der Waals surface area contributed by atoms with Crippen LogP contribution in [0.25, 0.3) is 22.3 Å². The standard InChI is InChI=1S/C27H29FN6O2.ClH/c1-14-10-18(11-15(2)30-14)34-26-23(24(33-34)17-7-8-17)27(36)32-22(31-26)12-16-6-9-21(29-13-16)19-4-3-5-20(28)25(19)35;/h3-6,9,13-15,17-18,30,35H,7-8,10-12H2,1-2H3,(H,31,32,36);1H/t14-,15-;/m1./s1. The molecule has 10 heteroatoms. The second-order valence-electron chi connectivity index (χ2n) is 10.3. The molecule has 6 rings (SSSR count). The van der Waals surface area contributed by atoms with Gasteiger partial charge < -0.3 is 15.4 Å². The van der Waals surface area contributed by atoms with Crippen molar-refractivity contribution >= 4 is 23.4 Å². The molecule has 4 aromatic rings. The molecule has 0 unspecified atom stereocenters. The Kier molecular flexibility index (Phi) is 6.76. The molecule has 1 saturated heterocycles. The van der Waals surface area contributed by atoms with Crippen LogP contribution in [0, 0.1) is 5.82 Å². The number of piperidine rings is 1. The number of phenolic OH excluding ortho intramolecular Hbond substituents is 1.